The van der Waals surface area contributed by atoms with E-state index in [1.165, 1.54) is 12.1 Å². The second kappa shape index (κ2) is 7.35. The van der Waals surface area contributed by atoms with Gasteiger partial charge in [0.05, 0.1) is 12.0 Å². The Kier molecular flexibility index (Phi) is 4.49. The van der Waals surface area contributed by atoms with Crippen LogP contribution < -0.4 is 20.7 Å². The summed E-state index contributed by atoms with van der Waals surface area (Å²) < 4.78 is 30.4. The Balaban J connectivity index is 1.49. The fourth-order valence-electron chi connectivity index (χ4n) is 6.66. The van der Waals surface area contributed by atoms with E-state index in [1.807, 2.05) is 32.0 Å². The predicted molar refractivity (Wildman–Crippen MR) is 138 cm³/mol. The Labute approximate surface area is 217 Å². The fourth-order valence-corrected chi connectivity index (χ4v) is 6.66. The molecule has 2 aromatic heterocycles. The first kappa shape index (κ1) is 23.2. The molecule has 0 amide bonds. The lowest BCUT2D eigenvalue weighted by atomic mass is 9.61. The van der Waals surface area contributed by atoms with E-state index < -0.39 is 34.0 Å². The van der Waals surface area contributed by atoms with E-state index in [4.69, 9.17) is 23.0 Å². The van der Waals surface area contributed by atoms with Crippen LogP contribution in [0.3, 0.4) is 0 Å². The largest absolute Gasteiger partial charge is 0.485 e. The Bertz CT molecular complexity index is 1790. The molecule has 8 nitrogen and oxygen atoms in total. The van der Waals surface area contributed by atoms with Gasteiger partial charge in [-0.05, 0) is 70.5 Å². The first-order valence-corrected chi connectivity index (χ1v) is 12.7. The molecule has 8 heteroatoms. The Morgan fingerprint density at radius 1 is 0.789 bits per heavy atom. The number of rotatable bonds is 0. The number of carbonyl (C=O) groups is 1. The number of hydrogen-bond donors (Lipinski definition) is 0. The molecule has 3 atom stereocenters. The van der Waals surface area contributed by atoms with Gasteiger partial charge in [0.1, 0.15) is 34.4 Å². The summed E-state index contributed by atoms with van der Waals surface area (Å²) in [5.74, 6) is 0.693. The fraction of sp³-hybridized carbons (Fsp3) is 0.367. The van der Waals surface area contributed by atoms with Gasteiger partial charge in [-0.1, -0.05) is 0 Å². The van der Waals surface area contributed by atoms with Crippen molar-refractivity contribution in [2.75, 3.05) is 6.61 Å². The number of ether oxygens (including phenoxy) is 3. The minimum Gasteiger partial charge on any atom is -0.485 e. The van der Waals surface area contributed by atoms with Gasteiger partial charge in [-0.25, -0.2) is 9.59 Å². The van der Waals surface area contributed by atoms with Crippen LogP contribution in [-0.2, 0) is 14.9 Å². The molecule has 1 saturated heterocycles. The average Bonchev–Trinajstić information content (AvgIpc) is 2.86. The van der Waals surface area contributed by atoms with Crippen molar-refractivity contribution in [3.63, 3.8) is 0 Å². The number of Topliss-reactive ketones (excluding diaryl/α,β-unsaturated/α-hetero) is 1. The van der Waals surface area contributed by atoms with E-state index in [2.05, 4.69) is 0 Å². The molecular weight excluding hydrogens is 488 g/mol. The predicted octanol–water partition coefficient (Wildman–Crippen LogP) is 4.62. The topological polar surface area (TPSA) is 105 Å². The number of benzene rings is 2. The van der Waals surface area contributed by atoms with Crippen LogP contribution in [0.5, 0.6) is 11.5 Å². The highest BCUT2D eigenvalue weighted by Gasteiger charge is 2.61. The lowest BCUT2D eigenvalue weighted by Gasteiger charge is -2.54. The first-order valence-electron chi connectivity index (χ1n) is 12.7. The third-order valence-corrected chi connectivity index (χ3v) is 8.24. The molecular formula is C30H26O8. The van der Waals surface area contributed by atoms with Crippen LogP contribution in [0.25, 0.3) is 21.9 Å². The lowest BCUT2D eigenvalue weighted by molar-refractivity contribution is -0.167. The summed E-state index contributed by atoms with van der Waals surface area (Å²) in [6.45, 7) is 7.55. The van der Waals surface area contributed by atoms with Crippen LogP contribution in [0, 0.1) is 0 Å². The molecule has 38 heavy (non-hydrogen) atoms. The van der Waals surface area contributed by atoms with E-state index in [0.717, 1.165) is 10.9 Å². The van der Waals surface area contributed by atoms with E-state index in [9.17, 15) is 14.4 Å². The first-order chi connectivity index (χ1) is 18.0. The van der Waals surface area contributed by atoms with Crippen molar-refractivity contribution in [1.82, 2.24) is 0 Å². The number of hydrogen-bond acceptors (Lipinski definition) is 8. The van der Waals surface area contributed by atoms with Crippen molar-refractivity contribution in [1.29, 1.82) is 0 Å². The minimum atomic E-state index is -1.12. The molecule has 5 heterocycles. The highest BCUT2D eigenvalue weighted by Crippen LogP contribution is 2.57. The van der Waals surface area contributed by atoms with Crippen LogP contribution in [0.2, 0.25) is 0 Å². The summed E-state index contributed by atoms with van der Waals surface area (Å²) in [6.07, 6.45) is -0.0339. The highest BCUT2D eigenvalue weighted by atomic mass is 16.6. The molecule has 0 N–H and O–H groups in total. The average molecular weight is 515 g/mol. The summed E-state index contributed by atoms with van der Waals surface area (Å²) in [5.41, 5.74) is -1.72. The van der Waals surface area contributed by atoms with Crippen LogP contribution in [0.15, 0.2) is 67.0 Å². The zero-order chi connectivity index (χ0) is 26.6. The lowest BCUT2D eigenvalue weighted by Crippen LogP contribution is -2.63. The van der Waals surface area contributed by atoms with Crippen molar-refractivity contribution < 1.29 is 27.8 Å². The highest BCUT2D eigenvalue weighted by molar-refractivity contribution is 6.00. The molecule has 0 radical (unpaired) electrons. The molecule has 0 saturated carbocycles. The van der Waals surface area contributed by atoms with Gasteiger partial charge >= 0.3 is 11.3 Å². The maximum absolute atomic E-state index is 14.3. The smallest absolute Gasteiger partial charge is 0.336 e. The van der Waals surface area contributed by atoms with Crippen molar-refractivity contribution in [2.24, 2.45) is 0 Å². The second-order valence-corrected chi connectivity index (χ2v) is 11.6. The summed E-state index contributed by atoms with van der Waals surface area (Å²) in [6, 6.07) is 13.4. The molecule has 2 aromatic carbocycles. The van der Waals surface area contributed by atoms with Gasteiger partial charge < -0.3 is 23.0 Å². The van der Waals surface area contributed by atoms with Crippen molar-refractivity contribution in [3.05, 3.63) is 80.5 Å². The van der Waals surface area contributed by atoms with Crippen LogP contribution in [0.1, 0.15) is 51.2 Å². The zero-order valence-corrected chi connectivity index (χ0v) is 21.5. The number of ketones is 1. The van der Waals surface area contributed by atoms with E-state index in [0.29, 0.717) is 40.0 Å². The summed E-state index contributed by atoms with van der Waals surface area (Å²) in [4.78, 5) is 38.5. The van der Waals surface area contributed by atoms with E-state index >= 15 is 0 Å². The van der Waals surface area contributed by atoms with Crippen molar-refractivity contribution in [3.8, 4) is 11.5 Å². The monoisotopic (exact) mass is 514 g/mol. The second-order valence-electron chi connectivity index (χ2n) is 11.6. The maximum atomic E-state index is 14.3. The Morgan fingerprint density at radius 3 is 2.29 bits per heavy atom. The molecule has 3 unspecified atom stereocenters. The molecule has 0 aliphatic carbocycles. The van der Waals surface area contributed by atoms with Crippen molar-refractivity contribution in [2.45, 2.75) is 62.8 Å². The van der Waals surface area contributed by atoms with E-state index in [1.54, 1.807) is 32.0 Å². The molecule has 194 valence electrons. The van der Waals surface area contributed by atoms with Gasteiger partial charge in [-0.2, -0.15) is 0 Å². The van der Waals surface area contributed by atoms with Gasteiger partial charge in [0, 0.05) is 39.9 Å². The summed E-state index contributed by atoms with van der Waals surface area (Å²) >= 11 is 0. The van der Waals surface area contributed by atoms with E-state index in [-0.39, 0.29) is 18.3 Å². The molecule has 1 fully saturated rings. The standard InChI is InChI=1S/C30H26O8/c1-28(2)26-17(24-19(37-28)8-5-15-6-9-23(32)36-25(15)24)13-30(14-34-26)18-12-20-16(7-10-22(31)35-20)11-21(18)38-29(3,4)27(30)33/h5-12,17,26H,13-14H2,1-4H3. The molecule has 0 bridgehead atoms. The van der Waals surface area contributed by atoms with Gasteiger partial charge in [0.25, 0.3) is 0 Å². The maximum Gasteiger partial charge on any atom is 0.336 e. The Hall–Kier alpha value is -3.91. The zero-order valence-electron chi connectivity index (χ0n) is 21.5. The van der Waals surface area contributed by atoms with Gasteiger partial charge in [0.2, 0.25) is 0 Å². The van der Waals surface area contributed by atoms with Gasteiger partial charge in [0.15, 0.2) is 11.4 Å². The number of fused-ring (bicyclic) bond motifs is 8. The Morgan fingerprint density at radius 2 is 1.50 bits per heavy atom. The normalized spacial score (nSPS) is 26.8. The van der Waals surface area contributed by atoms with Crippen LogP contribution in [-0.4, -0.2) is 29.7 Å². The molecule has 3 aliphatic heterocycles. The van der Waals surface area contributed by atoms with Crippen LogP contribution in [0.4, 0.5) is 0 Å². The number of carbonyl (C=O) groups excluding carboxylic acids is 1. The minimum absolute atomic E-state index is 0.103. The third-order valence-electron chi connectivity index (χ3n) is 8.24. The van der Waals surface area contributed by atoms with Gasteiger partial charge in [-0.3, -0.25) is 4.79 Å². The molecule has 7 rings (SSSR count). The quantitative estimate of drug-likeness (QED) is 0.313. The SMILES string of the molecule is CC1(C)Oc2cc3ccc(=O)oc3cc2C2(COC3C(C2)c2c(ccc4ccc(=O)oc24)OC3(C)C)C1=O. The molecule has 3 aliphatic rings. The molecule has 4 aromatic rings. The third kappa shape index (κ3) is 3.10. The van der Waals surface area contributed by atoms with Crippen molar-refractivity contribution >= 4 is 27.7 Å². The summed E-state index contributed by atoms with van der Waals surface area (Å²) in [7, 11) is 0. The summed E-state index contributed by atoms with van der Waals surface area (Å²) in [5, 5.41) is 1.46. The van der Waals surface area contributed by atoms with Crippen LogP contribution >= 0.6 is 0 Å². The molecule has 1 spiro atoms. The van der Waals surface area contributed by atoms with Gasteiger partial charge in [-0.15, -0.1) is 0 Å².